The van der Waals surface area contributed by atoms with Gasteiger partial charge in [0.05, 0.1) is 0 Å². The molecule has 3 atom stereocenters. The Balaban J connectivity index is 1.87. The van der Waals surface area contributed by atoms with Crippen molar-refractivity contribution in [2.75, 3.05) is 6.54 Å². The van der Waals surface area contributed by atoms with E-state index in [1.165, 1.54) is 38.6 Å². The summed E-state index contributed by atoms with van der Waals surface area (Å²) >= 11 is 0. The Morgan fingerprint density at radius 1 is 0.867 bits per heavy atom. The quantitative estimate of drug-likeness (QED) is 0.697. The van der Waals surface area contributed by atoms with Crippen molar-refractivity contribution in [3.63, 3.8) is 0 Å². The summed E-state index contributed by atoms with van der Waals surface area (Å²) in [7, 11) is 0. The van der Waals surface area contributed by atoms with E-state index < -0.39 is 0 Å². The van der Waals surface area contributed by atoms with Gasteiger partial charge in [0, 0.05) is 6.04 Å². The highest BCUT2D eigenvalue weighted by Crippen LogP contribution is 2.35. The summed E-state index contributed by atoms with van der Waals surface area (Å²) in [5, 5.41) is 3.80. The maximum absolute atomic E-state index is 3.80. The summed E-state index contributed by atoms with van der Waals surface area (Å²) in [6.45, 7) is 8.49. The molecule has 1 nitrogen and oxygen atoms in total. The van der Waals surface area contributed by atoms with E-state index in [9.17, 15) is 0 Å². The third kappa shape index (κ3) is 2.75. The zero-order chi connectivity index (χ0) is 10.8. The molecule has 0 aromatic heterocycles. The Hall–Kier alpha value is -0.0400. The predicted octanol–water partition coefficient (Wildman–Crippen LogP) is 3.45. The van der Waals surface area contributed by atoms with Crippen molar-refractivity contribution in [1.82, 2.24) is 5.32 Å². The van der Waals surface area contributed by atoms with Crippen molar-refractivity contribution < 1.29 is 0 Å². The topological polar surface area (TPSA) is 12.0 Å². The lowest BCUT2D eigenvalue weighted by Crippen LogP contribution is -2.48. The molecular formula is C14H27N. The fourth-order valence-electron chi connectivity index (χ4n) is 3.68. The summed E-state index contributed by atoms with van der Waals surface area (Å²) in [4.78, 5) is 0. The van der Waals surface area contributed by atoms with Crippen LogP contribution in [0.4, 0.5) is 0 Å². The van der Waals surface area contributed by atoms with Gasteiger partial charge in [-0.15, -0.1) is 0 Å². The maximum Gasteiger partial charge on any atom is 0.0121 e. The third-order valence-corrected chi connectivity index (χ3v) is 4.66. The van der Waals surface area contributed by atoms with Crippen molar-refractivity contribution in [2.24, 2.45) is 23.7 Å². The number of piperidine rings is 1. The summed E-state index contributed by atoms with van der Waals surface area (Å²) < 4.78 is 0. The predicted molar refractivity (Wildman–Crippen MR) is 65.9 cm³/mol. The van der Waals surface area contributed by atoms with Gasteiger partial charge in [0.2, 0.25) is 0 Å². The molecule has 88 valence electrons. The maximum atomic E-state index is 3.80. The Labute approximate surface area is 95.0 Å². The van der Waals surface area contributed by atoms with E-state index in [0.717, 1.165) is 29.7 Å². The van der Waals surface area contributed by atoms with E-state index >= 15 is 0 Å². The molecule has 0 amide bonds. The fourth-order valence-corrected chi connectivity index (χ4v) is 3.68. The van der Waals surface area contributed by atoms with Gasteiger partial charge in [-0.05, 0) is 49.5 Å². The number of rotatable bonds is 1. The Bertz CT molecular complexity index is 194. The SMILES string of the molecule is CC1CCC(C2NC[C@@H](C)CC2C)CC1. The van der Waals surface area contributed by atoms with Crippen molar-refractivity contribution >= 4 is 0 Å². The smallest absolute Gasteiger partial charge is 0.0121 e. The summed E-state index contributed by atoms with van der Waals surface area (Å²) in [5.74, 6) is 3.74. The van der Waals surface area contributed by atoms with Gasteiger partial charge in [-0.25, -0.2) is 0 Å². The van der Waals surface area contributed by atoms with E-state index in [4.69, 9.17) is 0 Å². The third-order valence-electron chi connectivity index (χ3n) is 4.66. The number of hydrogen-bond acceptors (Lipinski definition) is 1. The molecule has 0 spiro atoms. The highest BCUT2D eigenvalue weighted by Gasteiger charge is 2.32. The molecule has 0 bridgehead atoms. The normalized spacial score (nSPS) is 47.8. The lowest BCUT2D eigenvalue weighted by Gasteiger charge is -2.41. The fraction of sp³-hybridized carbons (Fsp3) is 1.00. The van der Waals surface area contributed by atoms with E-state index in [-0.39, 0.29) is 0 Å². The molecule has 1 aliphatic carbocycles. The van der Waals surface area contributed by atoms with Crippen LogP contribution in [-0.2, 0) is 0 Å². The van der Waals surface area contributed by atoms with Crippen LogP contribution in [0.15, 0.2) is 0 Å². The van der Waals surface area contributed by atoms with E-state index in [0.29, 0.717) is 0 Å². The van der Waals surface area contributed by atoms with Gasteiger partial charge in [-0.3, -0.25) is 0 Å². The van der Waals surface area contributed by atoms with E-state index in [2.05, 4.69) is 26.1 Å². The van der Waals surface area contributed by atoms with Gasteiger partial charge in [-0.2, -0.15) is 0 Å². The zero-order valence-corrected chi connectivity index (χ0v) is 10.6. The van der Waals surface area contributed by atoms with Crippen molar-refractivity contribution in [1.29, 1.82) is 0 Å². The van der Waals surface area contributed by atoms with Crippen LogP contribution in [0.1, 0.15) is 52.9 Å². The molecule has 1 heterocycles. The summed E-state index contributed by atoms with van der Waals surface area (Å²) in [6.07, 6.45) is 7.30. The Kier molecular flexibility index (Phi) is 3.71. The molecule has 2 unspecified atom stereocenters. The van der Waals surface area contributed by atoms with Crippen LogP contribution in [0, 0.1) is 23.7 Å². The summed E-state index contributed by atoms with van der Waals surface area (Å²) in [6, 6.07) is 0.827. The first-order valence-corrected chi connectivity index (χ1v) is 6.90. The van der Waals surface area contributed by atoms with Crippen LogP contribution in [0.3, 0.4) is 0 Å². The monoisotopic (exact) mass is 209 g/mol. The lowest BCUT2D eigenvalue weighted by atomic mass is 9.73. The first-order valence-electron chi connectivity index (χ1n) is 6.90. The average Bonchev–Trinajstić information content (AvgIpc) is 2.20. The molecule has 1 aliphatic heterocycles. The minimum atomic E-state index is 0.827. The molecule has 0 aromatic rings. The second-order valence-electron chi connectivity index (χ2n) is 6.27. The van der Waals surface area contributed by atoms with Gasteiger partial charge in [-0.1, -0.05) is 33.6 Å². The molecule has 1 heteroatoms. The summed E-state index contributed by atoms with van der Waals surface area (Å²) in [5.41, 5.74) is 0. The van der Waals surface area contributed by atoms with Gasteiger partial charge < -0.3 is 5.32 Å². The first-order chi connectivity index (χ1) is 7.16. The van der Waals surface area contributed by atoms with Crippen molar-refractivity contribution in [3.8, 4) is 0 Å². The average molecular weight is 209 g/mol. The standard InChI is InChI=1S/C14H27N/c1-10-4-6-13(7-5-10)14-12(3)8-11(2)9-15-14/h10-15H,4-9H2,1-3H3/t10?,11-,12?,13?,14?/m0/s1. The Morgan fingerprint density at radius 2 is 1.53 bits per heavy atom. The van der Waals surface area contributed by atoms with Crippen LogP contribution < -0.4 is 5.32 Å². The van der Waals surface area contributed by atoms with Crippen LogP contribution in [0.2, 0.25) is 0 Å². The van der Waals surface area contributed by atoms with Gasteiger partial charge in [0.25, 0.3) is 0 Å². The zero-order valence-electron chi connectivity index (χ0n) is 10.6. The van der Waals surface area contributed by atoms with Crippen molar-refractivity contribution in [2.45, 2.75) is 58.9 Å². The molecule has 1 saturated carbocycles. The second-order valence-corrected chi connectivity index (χ2v) is 6.27. The van der Waals surface area contributed by atoms with Crippen LogP contribution in [-0.4, -0.2) is 12.6 Å². The molecule has 2 rings (SSSR count). The minimum Gasteiger partial charge on any atom is -0.313 e. The van der Waals surface area contributed by atoms with Gasteiger partial charge in [0.15, 0.2) is 0 Å². The van der Waals surface area contributed by atoms with Gasteiger partial charge >= 0.3 is 0 Å². The lowest BCUT2D eigenvalue weighted by molar-refractivity contribution is 0.142. The molecule has 2 fully saturated rings. The molecule has 2 aliphatic rings. The molecular weight excluding hydrogens is 182 g/mol. The first kappa shape index (κ1) is 11.4. The Morgan fingerprint density at radius 3 is 2.13 bits per heavy atom. The molecule has 1 N–H and O–H groups in total. The van der Waals surface area contributed by atoms with Crippen LogP contribution >= 0.6 is 0 Å². The number of nitrogens with one attached hydrogen (secondary N) is 1. The highest BCUT2D eigenvalue weighted by molar-refractivity contribution is 4.88. The van der Waals surface area contributed by atoms with Crippen molar-refractivity contribution in [3.05, 3.63) is 0 Å². The van der Waals surface area contributed by atoms with E-state index in [1.54, 1.807) is 0 Å². The van der Waals surface area contributed by atoms with Crippen LogP contribution in [0.5, 0.6) is 0 Å². The van der Waals surface area contributed by atoms with Gasteiger partial charge in [0.1, 0.15) is 0 Å². The molecule has 0 aromatic carbocycles. The van der Waals surface area contributed by atoms with Crippen LogP contribution in [0.25, 0.3) is 0 Å². The molecule has 15 heavy (non-hydrogen) atoms. The minimum absolute atomic E-state index is 0.827. The molecule has 1 saturated heterocycles. The molecule has 0 radical (unpaired) electrons. The highest BCUT2D eigenvalue weighted by atomic mass is 14.9. The number of hydrogen-bond donors (Lipinski definition) is 1. The second kappa shape index (κ2) is 4.86. The van der Waals surface area contributed by atoms with E-state index in [1.807, 2.05) is 0 Å². The largest absolute Gasteiger partial charge is 0.313 e.